The molecule has 0 bridgehead atoms. The van der Waals surface area contributed by atoms with Gasteiger partial charge in [-0.2, -0.15) is 0 Å². The zero-order valence-corrected chi connectivity index (χ0v) is 14.5. The second kappa shape index (κ2) is 6.70. The maximum Gasteiger partial charge on any atom is 0.328 e. The molecule has 0 radical (unpaired) electrons. The topological polar surface area (TPSA) is 77.8 Å². The van der Waals surface area contributed by atoms with Gasteiger partial charge in [0.1, 0.15) is 5.82 Å². The Morgan fingerprint density at radius 3 is 2.36 bits per heavy atom. The summed E-state index contributed by atoms with van der Waals surface area (Å²) in [4.78, 5) is 18.5. The molecular formula is C19H18FO4P. The molecule has 25 heavy (non-hydrogen) atoms. The molecule has 0 aliphatic rings. The Hall–Kier alpha value is -2.04. The Balaban J connectivity index is 2.31. The predicted molar refractivity (Wildman–Crippen MR) is 95.9 cm³/mol. The lowest BCUT2D eigenvalue weighted by Crippen LogP contribution is -2.08. The first-order valence-electron chi connectivity index (χ1n) is 7.77. The van der Waals surface area contributed by atoms with Crippen LogP contribution in [-0.2, 0) is 4.57 Å². The fourth-order valence-electron chi connectivity index (χ4n) is 3.18. The summed E-state index contributed by atoms with van der Waals surface area (Å²) in [5, 5.41) is 12.3. The van der Waals surface area contributed by atoms with Crippen LogP contribution in [0.4, 0.5) is 4.39 Å². The third-order valence-electron chi connectivity index (χ3n) is 4.17. The number of benzene rings is 3. The van der Waals surface area contributed by atoms with Crippen molar-refractivity contribution in [2.45, 2.75) is 13.0 Å². The Morgan fingerprint density at radius 2 is 1.72 bits per heavy atom. The van der Waals surface area contributed by atoms with E-state index in [-0.39, 0.29) is 5.82 Å². The number of fused-ring (bicyclic) bond motifs is 1. The van der Waals surface area contributed by atoms with Crippen LogP contribution in [0.5, 0.6) is 0 Å². The van der Waals surface area contributed by atoms with Gasteiger partial charge in [0.05, 0.1) is 12.3 Å². The number of aryl methyl sites for hydroxylation is 1. The van der Waals surface area contributed by atoms with Crippen LogP contribution in [0.1, 0.15) is 17.2 Å². The molecule has 1 atom stereocenters. The van der Waals surface area contributed by atoms with E-state index < -0.39 is 19.9 Å². The fourth-order valence-corrected chi connectivity index (χ4v) is 3.81. The summed E-state index contributed by atoms with van der Waals surface area (Å²) in [5.74, 6) is -0.377. The third kappa shape index (κ3) is 3.80. The highest BCUT2D eigenvalue weighted by atomic mass is 31.2. The van der Waals surface area contributed by atoms with Gasteiger partial charge >= 0.3 is 7.60 Å². The lowest BCUT2D eigenvalue weighted by atomic mass is 9.88. The summed E-state index contributed by atoms with van der Waals surface area (Å²) in [5.41, 5.74) is 2.52. The van der Waals surface area contributed by atoms with Crippen LogP contribution in [0.2, 0.25) is 0 Å². The average molecular weight is 360 g/mol. The van der Waals surface area contributed by atoms with Gasteiger partial charge in [-0.15, -0.1) is 0 Å². The lowest BCUT2D eigenvalue weighted by molar-refractivity contribution is 0.192. The van der Waals surface area contributed by atoms with E-state index in [1.807, 2.05) is 30.3 Å². The monoisotopic (exact) mass is 360 g/mol. The summed E-state index contributed by atoms with van der Waals surface area (Å²) in [6.07, 6.45) is -1.99. The lowest BCUT2D eigenvalue weighted by Gasteiger charge is -2.21. The van der Waals surface area contributed by atoms with Gasteiger partial charge in [0.2, 0.25) is 0 Å². The summed E-state index contributed by atoms with van der Waals surface area (Å²) < 4.78 is 24.7. The standard InChI is InChI=1S/C19H18FO4P/c1-12-10-14-4-2-3-5-16(14)19(13-6-8-15(20)9-7-13)18(12)17(21)11-25(22,23)24/h2-10,17,21H,11H2,1H3,(H2,22,23,24). The zero-order valence-electron chi connectivity index (χ0n) is 13.6. The number of aliphatic hydroxyl groups is 1. The van der Waals surface area contributed by atoms with Gasteiger partial charge in [0, 0.05) is 0 Å². The zero-order chi connectivity index (χ0) is 18.2. The SMILES string of the molecule is Cc1cc2ccccc2c(-c2ccc(F)cc2)c1C(O)CP(=O)(O)O. The van der Waals surface area contributed by atoms with Crippen molar-refractivity contribution in [3.8, 4) is 11.1 Å². The van der Waals surface area contributed by atoms with E-state index in [4.69, 9.17) is 0 Å². The molecule has 0 aliphatic carbocycles. The highest BCUT2D eigenvalue weighted by Crippen LogP contribution is 2.44. The molecule has 0 saturated heterocycles. The van der Waals surface area contributed by atoms with Crippen molar-refractivity contribution in [1.82, 2.24) is 0 Å². The number of aliphatic hydroxyl groups excluding tert-OH is 1. The molecule has 1 unspecified atom stereocenters. The normalized spacial score (nSPS) is 13.2. The minimum absolute atomic E-state index is 0.377. The molecule has 0 aromatic heterocycles. The molecule has 4 nitrogen and oxygen atoms in total. The maximum absolute atomic E-state index is 13.3. The summed E-state index contributed by atoms with van der Waals surface area (Å²) in [7, 11) is -4.40. The minimum atomic E-state index is -4.40. The second-order valence-electron chi connectivity index (χ2n) is 6.07. The molecule has 0 amide bonds. The van der Waals surface area contributed by atoms with E-state index in [9.17, 15) is 23.8 Å². The molecule has 3 aromatic rings. The van der Waals surface area contributed by atoms with E-state index in [0.717, 1.165) is 16.3 Å². The minimum Gasteiger partial charge on any atom is -0.388 e. The Bertz CT molecular complexity index is 963. The smallest absolute Gasteiger partial charge is 0.328 e. The highest BCUT2D eigenvalue weighted by Gasteiger charge is 2.26. The molecule has 3 N–H and O–H groups in total. The molecule has 0 saturated carbocycles. The molecule has 3 rings (SSSR count). The Labute approximate surface area is 144 Å². The van der Waals surface area contributed by atoms with Crippen LogP contribution in [0.3, 0.4) is 0 Å². The van der Waals surface area contributed by atoms with Crippen molar-refractivity contribution >= 4 is 18.4 Å². The van der Waals surface area contributed by atoms with Gasteiger partial charge in [-0.25, -0.2) is 4.39 Å². The highest BCUT2D eigenvalue weighted by molar-refractivity contribution is 7.51. The van der Waals surface area contributed by atoms with Crippen LogP contribution >= 0.6 is 7.60 Å². The molecule has 0 spiro atoms. The molecule has 130 valence electrons. The van der Waals surface area contributed by atoms with E-state index in [0.29, 0.717) is 16.7 Å². The predicted octanol–water partition coefficient (Wildman–Crippen LogP) is 4.17. The van der Waals surface area contributed by atoms with E-state index in [2.05, 4.69) is 0 Å². The van der Waals surface area contributed by atoms with Crippen LogP contribution in [-0.4, -0.2) is 21.1 Å². The van der Waals surface area contributed by atoms with Crippen molar-refractivity contribution < 1.29 is 23.8 Å². The van der Waals surface area contributed by atoms with Gasteiger partial charge in [-0.3, -0.25) is 4.57 Å². The summed E-state index contributed by atoms with van der Waals surface area (Å²) in [6, 6.07) is 15.3. The quantitative estimate of drug-likeness (QED) is 0.611. The first-order valence-corrected chi connectivity index (χ1v) is 9.57. The van der Waals surface area contributed by atoms with Gasteiger partial charge in [0.15, 0.2) is 0 Å². The van der Waals surface area contributed by atoms with Gasteiger partial charge in [-0.05, 0) is 52.1 Å². The maximum atomic E-state index is 13.3. The van der Waals surface area contributed by atoms with Crippen LogP contribution < -0.4 is 0 Å². The summed E-state index contributed by atoms with van der Waals surface area (Å²) >= 11 is 0. The van der Waals surface area contributed by atoms with Gasteiger partial charge in [0.25, 0.3) is 0 Å². The molecule has 6 heteroatoms. The molecule has 0 heterocycles. The molecule has 3 aromatic carbocycles. The largest absolute Gasteiger partial charge is 0.388 e. The van der Waals surface area contributed by atoms with Crippen molar-refractivity contribution in [3.05, 3.63) is 71.5 Å². The number of halogens is 1. The second-order valence-corrected chi connectivity index (χ2v) is 7.77. The van der Waals surface area contributed by atoms with Crippen LogP contribution in [0.25, 0.3) is 21.9 Å². The molecular weight excluding hydrogens is 342 g/mol. The van der Waals surface area contributed by atoms with E-state index >= 15 is 0 Å². The fraction of sp³-hybridized carbons (Fsp3) is 0.158. The van der Waals surface area contributed by atoms with Crippen LogP contribution in [0.15, 0.2) is 54.6 Å². The Kier molecular flexibility index (Phi) is 4.76. The van der Waals surface area contributed by atoms with E-state index in [1.165, 1.54) is 12.1 Å². The molecule has 0 fully saturated rings. The number of hydrogen-bond donors (Lipinski definition) is 3. The van der Waals surface area contributed by atoms with E-state index in [1.54, 1.807) is 19.1 Å². The van der Waals surface area contributed by atoms with Gasteiger partial charge in [-0.1, -0.05) is 42.5 Å². The average Bonchev–Trinajstić information content (AvgIpc) is 2.52. The van der Waals surface area contributed by atoms with Crippen molar-refractivity contribution in [2.75, 3.05) is 6.16 Å². The third-order valence-corrected chi connectivity index (χ3v) is 4.99. The van der Waals surface area contributed by atoms with Crippen LogP contribution in [0, 0.1) is 12.7 Å². The van der Waals surface area contributed by atoms with Crippen molar-refractivity contribution in [3.63, 3.8) is 0 Å². The van der Waals surface area contributed by atoms with Gasteiger partial charge < -0.3 is 14.9 Å². The van der Waals surface area contributed by atoms with Crippen molar-refractivity contribution in [1.29, 1.82) is 0 Å². The number of rotatable bonds is 4. The van der Waals surface area contributed by atoms with Crippen molar-refractivity contribution in [2.24, 2.45) is 0 Å². The summed E-state index contributed by atoms with van der Waals surface area (Å²) in [6.45, 7) is 1.79. The number of hydrogen-bond acceptors (Lipinski definition) is 2. The first-order chi connectivity index (χ1) is 11.8. The molecule has 0 aliphatic heterocycles. The Morgan fingerprint density at radius 1 is 1.08 bits per heavy atom. The first kappa shape index (κ1) is 17.8.